The van der Waals surface area contributed by atoms with Gasteiger partial charge in [-0.25, -0.2) is 0 Å². The molecule has 0 aromatic rings. The number of oxime groups is 1. The summed E-state index contributed by atoms with van der Waals surface area (Å²) in [6.07, 6.45) is 18.1. The van der Waals surface area contributed by atoms with Crippen molar-refractivity contribution < 1.29 is 9.57 Å². The van der Waals surface area contributed by atoms with E-state index in [0.29, 0.717) is 0 Å². The van der Waals surface area contributed by atoms with Crippen molar-refractivity contribution in [1.82, 2.24) is 4.90 Å². The van der Waals surface area contributed by atoms with Gasteiger partial charge in [-0.1, -0.05) is 17.7 Å². The third-order valence-corrected chi connectivity index (χ3v) is 5.44. The van der Waals surface area contributed by atoms with Gasteiger partial charge in [0.25, 0.3) is 0 Å². The van der Waals surface area contributed by atoms with Gasteiger partial charge in [0.2, 0.25) is 0 Å². The molecule has 0 aromatic heterocycles. The number of hydrogen-bond donors (Lipinski definition) is 0. The quantitative estimate of drug-likeness (QED) is 0.582. The lowest BCUT2D eigenvalue weighted by molar-refractivity contribution is 0.151. The van der Waals surface area contributed by atoms with Crippen molar-refractivity contribution in [3.8, 4) is 0 Å². The predicted molar refractivity (Wildman–Crippen MR) is 85.8 cm³/mol. The fourth-order valence-corrected chi connectivity index (χ4v) is 4.48. The molecule has 2 fully saturated rings. The van der Waals surface area contributed by atoms with Crippen molar-refractivity contribution in [3.05, 3.63) is 35.5 Å². The van der Waals surface area contributed by atoms with Crippen LogP contribution in [-0.4, -0.2) is 24.3 Å². The van der Waals surface area contributed by atoms with Crippen LogP contribution in [0.4, 0.5) is 0 Å². The summed E-state index contributed by atoms with van der Waals surface area (Å²) in [5.74, 6) is 1.27. The molecule has 22 heavy (non-hydrogen) atoms. The molecule has 0 N–H and O–H groups in total. The first-order valence-corrected chi connectivity index (χ1v) is 8.45. The maximum absolute atomic E-state index is 6.46. The summed E-state index contributed by atoms with van der Waals surface area (Å²) in [5.41, 5.74) is 3.15. The molecule has 1 aliphatic carbocycles. The van der Waals surface area contributed by atoms with Crippen molar-refractivity contribution >= 4 is 6.21 Å². The molecular formula is C18H24N2O2. The van der Waals surface area contributed by atoms with Crippen molar-refractivity contribution in [3.63, 3.8) is 0 Å². The Labute approximate surface area is 132 Å². The second-order valence-corrected chi connectivity index (χ2v) is 6.70. The van der Waals surface area contributed by atoms with Crippen LogP contribution in [0.3, 0.4) is 0 Å². The minimum atomic E-state index is 0.181. The summed E-state index contributed by atoms with van der Waals surface area (Å²) in [5, 5.41) is 3.88. The number of fused-ring (bicyclic) bond motifs is 1. The highest BCUT2D eigenvalue weighted by Crippen LogP contribution is 2.59. The van der Waals surface area contributed by atoms with E-state index in [-0.39, 0.29) is 11.5 Å². The molecule has 0 aromatic carbocycles. The molecule has 4 rings (SSSR count). The summed E-state index contributed by atoms with van der Waals surface area (Å²) < 4.78 is 6.46. The van der Waals surface area contributed by atoms with Gasteiger partial charge in [-0.15, -0.1) is 0 Å². The predicted octanol–water partition coefficient (Wildman–Crippen LogP) is 4.08. The lowest BCUT2D eigenvalue weighted by Gasteiger charge is -2.43. The van der Waals surface area contributed by atoms with Crippen LogP contribution >= 0.6 is 0 Å². The van der Waals surface area contributed by atoms with E-state index in [1.807, 2.05) is 6.21 Å². The molecule has 0 radical (unpaired) electrons. The minimum absolute atomic E-state index is 0.181. The summed E-state index contributed by atoms with van der Waals surface area (Å²) in [6, 6.07) is 0. The van der Waals surface area contributed by atoms with Gasteiger partial charge in [0, 0.05) is 31.5 Å². The SMILES string of the molecule is CON=CCC1CC23CCCCC2=CN2C=CCCC2=C3O1. The third kappa shape index (κ3) is 2.08. The van der Waals surface area contributed by atoms with E-state index < -0.39 is 0 Å². The first-order valence-electron chi connectivity index (χ1n) is 8.45. The maximum atomic E-state index is 6.46. The third-order valence-electron chi connectivity index (χ3n) is 5.44. The van der Waals surface area contributed by atoms with Crippen molar-refractivity contribution in [2.75, 3.05) is 7.11 Å². The van der Waals surface area contributed by atoms with E-state index in [1.54, 1.807) is 12.7 Å². The molecule has 3 aliphatic heterocycles. The molecule has 1 saturated carbocycles. The van der Waals surface area contributed by atoms with Crippen molar-refractivity contribution in [1.29, 1.82) is 0 Å². The van der Waals surface area contributed by atoms with Gasteiger partial charge in [0.1, 0.15) is 19.0 Å². The van der Waals surface area contributed by atoms with Crippen LogP contribution < -0.4 is 0 Å². The Hall–Kier alpha value is -1.71. The van der Waals surface area contributed by atoms with Gasteiger partial charge >= 0.3 is 0 Å². The van der Waals surface area contributed by atoms with Crippen LogP contribution in [0.5, 0.6) is 0 Å². The van der Waals surface area contributed by atoms with Gasteiger partial charge < -0.3 is 14.5 Å². The van der Waals surface area contributed by atoms with Crippen LogP contribution in [0.15, 0.2) is 40.7 Å². The van der Waals surface area contributed by atoms with Crippen molar-refractivity contribution in [2.45, 2.75) is 57.5 Å². The van der Waals surface area contributed by atoms with E-state index in [2.05, 4.69) is 28.5 Å². The summed E-state index contributed by atoms with van der Waals surface area (Å²) in [4.78, 5) is 7.09. The fourth-order valence-electron chi connectivity index (χ4n) is 4.48. The van der Waals surface area contributed by atoms with Crippen LogP contribution in [0.2, 0.25) is 0 Å². The van der Waals surface area contributed by atoms with E-state index in [9.17, 15) is 0 Å². The number of nitrogens with zero attached hydrogens (tertiary/aromatic N) is 2. The Morgan fingerprint density at radius 2 is 2.41 bits per heavy atom. The highest BCUT2D eigenvalue weighted by molar-refractivity contribution is 5.57. The Balaban J connectivity index is 1.69. The van der Waals surface area contributed by atoms with E-state index in [4.69, 9.17) is 9.57 Å². The molecule has 0 bridgehead atoms. The molecule has 118 valence electrons. The molecule has 1 saturated heterocycles. The van der Waals surface area contributed by atoms with Crippen LogP contribution in [0, 0.1) is 5.41 Å². The largest absolute Gasteiger partial charge is 0.492 e. The van der Waals surface area contributed by atoms with Gasteiger partial charge in [0.15, 0.2) is 0 Å². The Morgan fingerprint density at radius 1 is 1.45 bits per heavy atom. The van der Waals surface area contributed by atoms with E-state index >= 15 is 0 Å². The topological polar surface area (TPSA) is 34.1 Å². The highest BCUT2D eigenvalue weighted by atomic mass is 16.6. The number of rotatable bonds is 3. The average Bonchev–Trinajstić information content (AvgIpc) is 2.91. The van der Waals surface area contributed by atoms with Gasteiger partial charge in [0.05, 0.1) is 11.1 Å². The molecule has 0 amide bonds. The smallest absolute Gasteiger partial charge is 0.126 e. The van der Waals surface area contributed by atoms with E-state index in [1.165, 1.54) is 37.1 Å². The van der Waals surface area contributed by atoms with Gasteiger partial charge in [-0.3, -0.25) is 0 Å². The lowest BCUT2D eigenvalue weighted by atomic mass is 9.65. The van der Waals surface area contributed by atoms with Crippen LogP contribution in [0.1, 0.15) is 51.4 Å². The molecule has 4 aliphatic rings. The zero-order valence-corrected chi connectivity index (χ0v) is 13.3. The monoisotopic (exact) mass is 300 g/mol. The first-order chi connectivity index (χ1) is 10.8. The Bertz CT molecular complexity index is 576. The zero-order valence-electron chi connectivity index (χ0n) is 13.3. The molecule has 3 heterocycles. The van der Waals surface area contributed by atoms with Crippen LogP contribution in [-0.2, 0) is 9.57 Å². The molecule has 4 heteroatoms. The maximum Gasteiger partial charge on any atom is 0.126 e. The molecular weight excluding hydrogens is 276 g/mol. The highest BCUT2D eigenvalue weighted by Gasteiger charge is 2.52. The summed E-state index contributed by atoms with van der Waals surface area (Å²) in [6.45, 7) is 0. The van der Waals surface area contributed by atoms with Crippen molar-refractivity contribution in [2.24, 2.45) is 10.6 Å². The second-order valence-electron chi connectivity index (χ2n) is 6.70. The average molecular weight is 300 g/mol. The summed E-state index contributed by atoms with van der Waals surface area (Å²) in [7, 11) is 1.59. The van der Waals surface area contributed by atoms with Crippen LogP contribution in [0.25, 0.3) is 0 Å². The van der Waals surface area contributed by atoms with E-state index in [0.717, 1.165) is 25.7 Å². The zero-order chi connectivity index (χ0) is 15.0. The molecule has 2 atom stereocenters. The minimum Gasteiger partial charge on any atom is -0.492 e. The fraction of sp³-hybridized carbons (Fsp3) is 0.611. The standard InChI is InChI=1S/C18H24N2O2/c1-21-19-10-8-15-12-18-9-4-2-6-14(18)13-20-11-5-3-7-16(20)17(18)22-15/h5,10-11,13,15H,2-4,6-9,12H2,1H3. The second kappa shape index (κ2) is 5.49. The molecule has 2 unspecified atom stereocenters. The van der Waals surface area contributed by atoms with Gasteiger partial charge in [-0.2, -0.15) is 0 Å². The number of ether oxygens (including phenoxy) is 1. The number of allylic oxidation sites excluding steroid dienone is 3. The first kappa shape index (κ1) is 13.9. The van der Waals surface area contributed by atoms with Gasteiger partial charge in [-0.05, 0) is 37.7 Å². The summed E-state index contributed by atoms with van der Waals surface area (Å²) >= 11 is 0. The molecule has 1 spiro atoms. The lowest BCUT2D eigenvalue weighted by Crippen LogP contribution is -2.34. The molecule has 4 nitrogen and oxygen atoms in total. The normalized spacial score (nSPS) is 33.2. The number of hydrogen-bond acceptors (Lipinski definition) is 4. The Kier molecular flexibility index (Phi) is 3.47. The Morgan fingerprint density at radius 3 is 3.32 bits per heavy atom.